The predicted octanol–water partition coefficient (Wildman–Crippen LogP) is 2.09. The summed E-state index contributed by atoms with van der Waals surface area (Å²) in [7, 11) is 0. The second-order valence-corrected chi connectivity index (χ2v) is 7.13. The van der Waals surface area contributed by atoms with E-state index in [-0.39, 0.29) is 11.7 Å². The third-order valence-electron chi connectivity index (χ3n) is 5.16. The minimum absolute atomic E-state index is 0.169. The molecule has 1 saturated heterocycles. The SMILES string of the molecule is O=C(NCC[NH+]1CCCC1)c1cc(-c2ccccc2)nn1-c1ccc(F)cc1. The number of carbonyl (C=O) groups is 1. The van der Waals surface area contributed by atoms with Crippen LogP contribution < -0.4 is 10.2 Å². The Morgan fingerprint density at radius 2 is 1.79 bits per heavy atom. The van der Waals surface area contributed by atoms with Gasteiger partial charge in [0.05, 0.1) is 37.6 Å². The molecule has 0 unspecified atom stereocenters. The summed E-state index contributed by atoms with van der Waals surface area (Å²) in [5.41, 5.74) is 2.74. The van der Waals surface area contributed by atoms with Crippen molar-refractivity contribution in [2.24, 2.45) is 0 Å². The summed E-state index contributed by atoms with van der Waals surface area (Å²) in [4.78, 5) is 14.4. The van der Waals surface area contributed by atoms with Crippen molar-refractivity contribution in [3.05, 3.63) is 72.2 Å². The minimum Gasteiger partial charge on any atom is -0.345 e. The fourth-order valence-electron chi connectivity index (χ4n) is 3.64. The van der Waals surface area contributed by atoms with E-state index in [9.17, 15) is 9.18 Å². The van der Waals surface area contributed by atoms with Crippen molar-refractivity contribution in [3.8, 4) is 16.9 Å². The summed E-state index contributed by atoms with van der Waals surface area (Å²) >= 11 is 0. The summed E-state index contributed by atoms with van der Waals surface area (Å²) in [5, 5.41) is 7.63. The summed E-state index contributed by atoms with van der Waals surface area (Å²) in [6.07, 6.45) is 2.53. The molecule has 0 spiro atoms. The molecule has 2 N–H and O–H groups in total. The molecule has 28 heavy (non-hydrogen) atoms. The van der Waals surface area contributed by atoms with Gasteiger partial charge in [0.15, 0.2) is 0 Å². The van der Waals surface area contributed by atoms with Crippen LogP contribution in [-0.4, -0.2) is 41.9 Å². The third kappa shape index (κ3) is 4.12. The summed E-state index contributed by atoms with van der Waals surface area (Å²) < 4.78 is 14.9. The number of amides is 1. The highest BCUT2D eigenvalue weighted by molar-refractivity contribution is 5.94. The van der Waals surface area contributed by atoms with Gasteiger partial charge in [-0.05, 0) is 30.3 Å². The Kier molecular flexibility index (Phi) is 5.48. The average Bonchev–Trinajstić information content (AvgIpc) is 3.39. The van der Waals surface area contributed by atoms with Crippen LogP contribution in [0.3, 0.4) is 0 Å². The molecule has 2 aromatic carbocycles. The van der Waals surface area contributed by atoms with Gasteiger partial charge in [0.2, 0.25) is 0 Å². The fourth-order valence-corrected chi connectivity index (χ4v) is 3.64. The number of carbonyl (C=O) groups excluding carboxylic acids is 1. The fraction of sp³-hybridized carbons (Fsp3) is 0.273. The molecule has 1 aliphatic heterocycles. The van der Waals surface area contributed by atoms with Crippen LogP contribution in [0.4, 0.5) is 4.39 Å². The molecule has 1 amide bonds. The molecule has 0 bridgehead atoms. The summed E-state index contributed by atoms with van der Waals surface area (Å²) in [5.74, 6) is -0.489. The molecular weight excluding hydrogens is 355 g/mol. The van der Waals surface area contributed by atoms with Gasteiger partial charge in [0.1, 0.15) is 11.5 Å². The second kappa shape index (κ2) is 8.35. The van der Waals surface area contributed by atoms with E-state index in [1.54, 1.807) is 22.9 Å². The van der Waals surface area contributed by atoms with E-state index in [1.165, 1.54) is 43.0 Å². The van der Waals surface area contributed by atoms with Gasteiger partial charge < -0.3 is 10.2 Å². The largest absolute Gasteiger partial charge is 0.345 e. The van der Waals surface area contributed by atoms with Crippen LogP contribution in [0, 0.1) is 5.82 Å². The van der Waals surface area contributed by atoms with Gasteiger partial charge in [0, 0.05) is 18.4 Å². The lowest BCUT2D eigenvalue weighted by Gasteiger charge is -2.13. The Morgan fingerprint density at radius 3 is 2.50 bits per heavy atom. The Morgan fingerprint density at radius 1 is 1.07 bits per heavy atom. The van der Waals surface area contributed by atoms with E-state index in [2.05, 4.69) is 10.4 Å². The Labute approximate surface area is 163 Å². The zero-order valence-corrected chi connectivity index (χ0v) is 15.7. The summed E-state index contributed by atoms with van der Waals surface area (Å²) in [6.45, 7) is 3.93. The number of hydrogen-bond acceptors (Lipinski definition) is 2. The van der Waals surface area contributed by atoms with Crippen LogP contribution in [0.2, 0.25) is 0 Å². The van der Waals surface area contributed by atoms with E-state index < -0.39 is 0 Å². The van der Waals surface area contributed by atoms with E-state index in [0.29, 0.717) is 23.6 Å². The van der Waals surface area contributed by atoms with E-state index in [0.717, 1.165) is 12.1 Å². The first-order chi connectivity index (χ1) is 13.7. The van der Waals surface area contributed by atoms with Crippen molar-refractivity contribution in [2.75, 3.05) is 26.2 Å². The lowest BCUT2D eigenvalue weighted by atomic mass is 10.1. The minimum atomic E-state index is -0.321. The third-order valence-corrected chi connectivity index (χ3v) is 5.16. The van der Waals surface area contributed by atoms with Gasteiger partial charge in [-0.25, -0.2) is 9.07 Å². The molecule has 1 aliphatic rings. The van der Waals surface area contributed by atoms with Crippen LogP contribution in [-0.2, 0) is 0 Å². The number of aromatic nitrogens is 2. The molecule has 144 valence electrons. The molecule has 1 aromatic heterocycles. The van der Waals surface area contributed by atoms with Crippen LogP contribution in [0.1, 0.15) is 23.3 Å². The first kappa shape index (κ1) is 18.4. The number of benzene rings is 2. The van der Waals surface area contributed by atoms with Crippen molar-refractivity contribution < 1.29 is 14.1 Å². The zero-order chi connectivity index (χ0) is 19.3. The number of likely N-dealkylation sites (tertiary alicyclic amines) is 1. The Hall–Kier alpha value is -2.99. The molecule has 3 aromatic rings. The smallest absolute Gasteiger partial charge is 0.270 e. The number of halogens is 1. The number of hydrogen-bond donors (Lipinski definition) is 2. The lowest BCUT2D eigenvalue weighted by Crippen LogP contribution is -3.10. The number of rotatable bonds is 6. The van der Waals surface area contributed by atoms with Gasteiger partial charge >= 0.3 is 0 Å². The maximum absolute atomic E-state index is 13.3. The maximum Gasteiger partial charge on any atom is 0.270 e. The van der Waals surface area contributed by atoms with Crippen molar-refractivity contribution in [1.82, 2.24) is 15.1 Å². The highest BCUT2D eigenvalue weighted by Crippen LogP contribution is 2.21. The summed E-state index contributed by atoms with van der Waals surface area (Å²) in [6, 6.07) is 17.5. The molecule has 0 aliphatic carbocycles. The number of nitrogens with zero attached hydrogens (tertiary/aromatic N) is 2. The van der Waals surface area contributed by atoms with Crippen LogP contribution in [0.5, 0.6) is 0 Å². The number of nitrogens with one attached hydrogen (secondary N) is 2. The molecule has 4 rings (SSSR count). The van der Waals surface area contributed by atoms with Gasteiger partial charge in [0.25, 0.3) is 5.91 Å². The molecule has 1 fully saturated rings. The van der Waals surface area contributed by atoms with Gasteiger partial charge in [-0.3, -0.25) is 4.79 Å². The van der Waals surface area contributed by atoms with Gasteiger partial charge in [-0.1, -0.05) is 30.3 Å². The van der Waals surface area contributed by atoms with Crippen LogP contribution in [0.15, 0.2) is 60.7 Å². The van der Waals surface area contributed by atoms with Crippen molar-refractivity contribution in [2.45, 2.75) is 12.8 Å². The highest BCUT2D eigenvalue weighted by atomic mass is 19.1. The zero-order valence-electron chi connectivity index (χ0n) is 15.7. The Bertz CT molecular complexity index is 931. The van der Waals surface area contributed by atoms with Crippen molar-refractivity contribution >= 4 is 5.91 Å². The molecule has 0 saturated carbocycles. The Balaban J connectivity index is 1.59. The molecular formula is C22H24FN4O+. The lowest BCUT2D eigenvalue weighted by molar-refractivity contribution is -0.886. The molecule has 5 nitrogen and oxygen atoms in total. The first-order valence-corrected chi connectivity index (χ1v) is 9.74. The van der Waals surface area contributed by atoms with Crippen LogP contribution in [0.25, 0.3) is 16.9 Å². The van der Waals surface area contributed by atoms with Crippen LogP contribution >= 0.6 is 0 Å². The maximum atomic E-state index is 13.3. The molecule has 0 radical (unpaired) electrons. The molecule has 0 atom stereocenters. The van der Waals surface area contributed by atoms with E-state index >= 15 is 0 Å². The molecule has 2 heterocycles. The predicted molar refractivity (Wildman–Crippen MR) is 106 cm³/mol. The standard InChI is InChI=1S/C22H23FN4O/c23-18-8-10-19(11-9-18)27-21(16-20(25-27)17-6-2-1-3-7-17)22(28)24-12-15-26-13-4-5-14-26/h1-3,6-11,16H,4-5,12-15H2,(H,24,28)/p+1. The van der Waals surface area contributed by atoms with E-state index in [4.69, 9.17) is 0 Å². The van der Waals surface area contributed by atoms with Gasteiger partial charge in [-0.2, -0.15) is 5.10 Å². The van der Waals surface area contributed by atoms with Crippen molar-refractivity contribution in [1.29, 1.82) is 0 Å². The topological polar surface area (TPSA) is 51.4 Å². The number of quaternary nitrogens is 1. The molecule has 6 heteroatoms. The normalized spacial score (nSPS) is 14.3. The first-order valence-electron chi connectivity index (χ1n) is 9.74. The quantitative estimate of drug-likeness (QED) is 0.689. The van der Waals surface area contributed by atoms with Gasteiger partial charge in [-0.15, -0.1) is 0 Å². The monoisotopic (exact) mass is 379 g/mol. The van der Waals surface area contributed by atoms with E-state index in [1.807, 2.05) is 30.3 Å². The average molecular weight is 379 g/mol. The second-order valence-electron chi connectivity index (χ2n) is 7.13. The van der Waals surface area contributed by atoms with Crippen molar-refractivity contribution in [3.63, 3.8) is 0 Å². The highest BCUT2D eigenvalue weighted by Gasteiger charge is 2.19.